The number of carbonyl (C=O) groups is 5. The van der Waals surface area contributed by atoms with Gasteiger partial charge in [-0.05, 0) is 55.7 Å². The molecule has 1 unspecified atom stereocenters. The molecule has 2 saturated heterocycles. The zero-order chi connectivity index (χ0) is 38.3. The van der Waals surface area contributed by atoms with Crippen molar-refractivity contribution in [1.29, 1.82) is 0 Å². The normalized spacial score (nSPS) is 17.2. The SMILES string of the molecule is O=C1CCC(N2C(=O)c3cccc(OCCOCCCc4cn(Cc5cccc(N6CCN(/C=C/C(=O)c7ccccc7O)CC6)n5)nn4)c3C2=O)C(=O)N1. The number of rotatable bonds is 15. The van der Waals surface area contributed by atoms with Crippen molar-refractivity contribution < 1.29 is 38.6 Å². The van der Waals surface area contributed by atoms with Crippen molar-refractivity contribution in [3.05, 3.63) is 107 Å². The van der Waals surface area contributed by atoms with Crippen LogP contribution in [0.25, 0.3) is 0 Å². The smallest absolute Gasteiger partial charge is 0.266 e. The highest BCUT2D eigenvalue weighted by Crippen LogP contribution is 2.33. The van der Waals surface area contributed by atoms with E-state index in [0.29, 0.717) is 26.0 Å². The third-order valence-corrected chi connectivity index (χ3v) is 9.58. The zero-order valence-electron chi connectivity index (χ0n) is 30.0. The van der Waals surface area contributed by atoms with Crippen LogP contribution in [0.1, 0.15) is 61.7 Å². The Bertz CT molecular complexity index is 2130. The summed E-state index contributed by atoms with van der Waals surface area (Å²) in [7, 11) is 0. The Labute approximate surface area is 316 Å². The van der Waals surface area contributed by atoms with E-state index in [4.69, 9.17) is 14.5 Å². The summed E-state index contributed by atoms with van der Waals surface area (Å²) in [6.07, 6.45) is 6.66. The number of ketones is 1. The van der Waals surface area contributed by atoms with Gasteiger partial charge in [-0.15, -0.1) is 5.10 Å². The fraction of sp³-hybridized carbons (Fsp3) is 0.333. The number of nitrogens with one attached hydrogen (secondary N) is 1. The summed E-state index contributed by atoms with van der Waals surface area (Å²) in [5, 5.41) is 20.7. The van der Waals surface area contributed by atoms with Crippen molar-refractivity contribution in [3.8, 4) is 11.5 Å². The summed E-state index contributed by atoms with van der Waals surface area (Å²) in [4.78, 5) is 72.7. The molecule has 2 N–H and O–H groups in total. The summed E-state index contributed by atoms with van der Waals surface area (Å²) in [6.45, 7) is 4.25. The number of piperidine rings is 1. The molecule has 2 aromatic heterocycles. The quantitative estimate of drug-likeness (QED) is 0.0781. The minimum atomic E-state index is -1.04. The highest BCUT2D eigenvalue weighted by molar-refractivity contribution is 6.24. The molecule has 0 radical (unpaired) electrons. The van der Waals surface area contributed by atoms with E-state index in [0.717, 1.165) is 48.3 Å². The number of phenolic OH excluding ortho intramolecular Hbond substituents is 1. The number of ether oxygens (including phenoxy) is 2. The van der Waals surface area contributed by atoms with E-state index in [1.54, 1.807) is 41.2 Å². The molecule has 284 valence electrons. The van der Waals surface area contributed by atoms with Crippen molar-refractivity contribution in [1.82, 2.24) is 35.1 Å². The number of benzene rings is 2. The number of imide groups is 2. The molecule has 16 nitrogen and oxygen atoms in total. The molecule has 1 atom stereocenters. The van der Waals surface area contributed by atoms with Crippen LogP contribution in [0.5, 0.6) is 11.5 Å². The number of aryl methyl sites for hydroxylation is 1. The maximum atomic E-state index is 13.2. The van der Waals surface area contributed by atoms with Gasteiger partial charge < -0.3 is 24.4 Å². The summed E-state index contributed by atoms with van der Waals surface area (Å²) in [6, 6.07) is 16.1. The minimum Gasteiger partial charge on any atom is -0.507 e. The number of hydrogen-bond acceptors (Lipinski definition) is 13. The third-order valence-electron chi connectivity index (χ3n) is 9.58. The molecule has 0 saturated carbocycles. The van der Waals surface area contributed by atoms with E-state index in [2.05, 4.69) is 25.4 Å². The molecule has 4 aromatic rings. The van der Waals surface area contributed by atoms with E-state index < -0.39 is 29.7 Å². The Hall–Kier alpha value is -6.42. The highest BCUT2D eigenvalue weighted by atomic mass is 16.5. The number of aromatic hydroxyl groups is 1. The van der Waals surface area contributed by atoms with E-state index >= 15 is 0 Å². The number of fused-ring (bicyclic) bond motifs is 1. The molecule has 3 aliphatic heterocycles. The number of amides is 4. The molecule has 5 heterocycles. The molecule has 0 bridgehead atoms. The largest absolute Gasteiger partial charge is 0.507 e. The Morgan fingerprint density at radius 1 is 0.909 bits per heavy atom. The third kappa shape index (κ3) is 8.54. The van der Waals surface area contributed by atoms with Crippen LogP contribution in [0.15, 0.2) is 79.1 Å². The predicted molar refractivity (Wildman–Crippen MR) is 196 cm³/mol. The molecule has 0 spiro atoms. The number of piperazine rings is 1. The van der Waals surface area contributed by atoms with E-state index in [-0.39, 0.29) is 60.0 Å². The monoisotopic (exact) mass is 748 g/mol. The first kappa shape index (κ1) is 36.9. The molecule has 55 heavy (non-hydrogen) atoms. The van der Waals surface area contributed by atoms with Gasteiger partial charge in [0.05, 0.1) is 41.2 Å². The second-order valence-corrected chi connectivity index (χ2v) is 13.3. The summed E-state index contributed by atoms with van der Waals surface area (Å²) in [5.41, 5.74) is 2.22. The number of aromatic nitrogens is 4. The number of allylic oxidation sites excluding steroid dienone is 1. The van der Waals surface area contributed by atoms with Crippen molar-refractivity contribution in [2.75, 3.05) is 50.9 Å². The minimum absolute atomic E-state index is 0.0282. The predicted octanol–water partition coefficient (Wildman–Crippen LogP) is 2.37. The van der Waals surface area contributed by atoms with Gasteiger partial charge in [0.1, 0.15) is 30.0 Å². The molecule has 3 aliphatic rings. The topological polar surface area (TPSA) is 189 Å². The van der Waals surface area contributed by atoms with Gasteiger partial charge in [0.25, 0.3) is 11.8 Å². The Kier molecular flexibility index (Phi) is 11.2. The maximum Gasteiger partial charge on any atom is 0.266 e. The number of nitrogens with zero attached hydrogens (tertiary/aromatic N) is 7. The lowest BCUT2D eigenvalue weighted by atomic mass is 10.0. The molecule has 4 amide bonds. The Morgan fingerprint density at radius 2 is 1.73 bits per heavy atom. The molecule has 7 rings (SSSR count). The average Bonchev–Trinajstić information content (AvgIpc) is 3.74. The molecular weight excluding hydrogens is 708 g/mol. The van der Waals surface area contributed by atoms with Gasteiger partial charge in [0.15, 0.2) is 5.78 Å². The number of phenols is 1. The summed E-state index contributed by atoms with van der Waals surface area (Å²) in [5.74, 6) is -1.46. The molecule has 0 aliphatic carbocycles. The Balaban J connectivity index is 0.815. The van der Waals surface area contributed by atoms with Gasteiger partial charge >= 0.3 is 0 Å². The second-order valence-electron chi connectivity index (χ2n) is 13.3. The first-order valence-electron chi connectivity index (χ1n) is 18.1. The van der Waals surface area contributed by atoms with Crippen LogP contribution in [-0.4, -0.2) is 116 Å². The number of carbonyl (C=O) groups excluding carboxylic acids is 5. The standard InChI is InChI=1S/C39H40N8O8/c48-31-10-2-1-8-28(31)32(49)15-16-44-17-19-45(20-18-44)34-12-3-6-26(40-34)24-46-25-27(42-43-46)7-5-21-54-22-23-55-33-11-4-9-29-36(33)39(53)47(38(29)52)30-13-14-35(50)41-37(30)51/h1-4,6,8-12,15-16,25,30,48H,5,7,13-14,17-24H2,(H,41,50,51)/b16-15+. The first-order chi connectivity index (χ1) is 26.7. The van der Waals surface area contributed by atoms with Gasteiger partial charge in [0, 0.05) is 57.7 Å². The maximum absolute atomic E-state index is 13.2. The van der Waals surface area contributed by atoms with E-state index in [9.17, 15) is 29.1 Å². The van der Waals surface area contributed by atoms with Crippen LogP contribution in [0.2, 0.25) is 0 Å². The van der Waals surface area contributed by atoms with Gasteiger partial charge in [0.2, 0.25) is 11.8 Å². The lowest BCUT2D eigenvalue weighted by Crippen LogP contribution is -2.54. The van der Waals surface area contributed by atoms with E-state index in [1.165, 1.54) is 18.2 Å². The number of hydrogen-bond donors (Lipinski definition) is 2. The average molecular weight is 749 g/mol. The zero-order valence-corrected chi connectivity index (χ0v) is 30.0. The molecular formula is C39H40N8O8. The van der Waals surface area contributed by atoms with Crippen molar-refractivity contribution in [2.45, 2.75) is 38.3 Å². The van der Waals surface area contributed by atoms with Crippen LogP contribution < -0.4 is 15.0 Å². The van der Waals surface area contributed by atoms with Gasteiger partial charge in [-0.25, -0.2) is 9.67 Å². The lowest BCUT2D eigenvalue weighted by Gasteiger charge is -2.34. The fourth-order valence-corrected chi connectivity index (χ4v) is 6.74. The van der Waals surface area contributed by atoms with Gasteiger partial charge in [-0.3, -0.25) is 34.2 Å². The van der Waals surface area contributed by atoms with Crippen LogP contribution in [0.4, 0.5) is 5.82 Å². The van der Waals surface area contributed by atoms with Crippen molar-refractivity contribution in [2.24, 2.45) is 0 Å². The summed E-state index contributed by atoms with van der Waals surface area (Å²) < 4.78 is 13.3. The van der Waals surface area contributed by atoms with E-state index in [1.807, 2.05) is 24.4 Å². The second kappa shape index (κ2) is 16.7. The summed E-state index contributed by atoms with van der Waals surface area (Å²) >= 11 is 0. The van der Waals surface area contributed by atoms with Crippen LogP contribution >= 0.6 is 0 Å². The van der Waals surface area contributed by atoms with Crippen LogP contribution in [0, 0.1) is 0 Å². The lowest BCUT2D eigenvalue weighted by molar-refractivity contribution is -0.136. The van der Waals surface area contributed by atoms with Crippen LogP contribution in [0.3, 0.4) is 0 Å². The van der Waals surface area contributed by atoms with Gasteiger partial charge in [-0.2, -0.15) is 0 Å². The van der Waals surface area contributed by atoms with Crippen molar-refractivity contribution in [3.63, 3.8) is 0 Å². The number of pyridine rings is 1. The first-order valence-corrected chi connectivity index (χ1v) is 18.1. The highest BCUT2D eigenvalue weighted by Gasteiger charge is 2.46. The number of anilines is 1. The molecule has 16 heteroatoms. The number of para-hydroxylation sites is 1. The molecule has 2 fully saturated rings. The van der Waals surface area contributed by atoms with Gasteiger partial charge in [-0.1, -0.05) is 29.5 Å². The fourth-order valence-electron chi connectivity index (χ4n) is 6.74. The Morgan fingerprint density at radius 3 is 2.55 bits per heavy atom. The molecule has 2 aromatic carbocycles. The van der Waals surface area contributed by atoms with Crippen LogP contribution in [-0.2, 0) is 27.3 Å². The van der Waals surface area contributed by atoms with Crippen molar-refractivity contribution >= 4 is 35.2 Å².